The minimum Gasteiger partial charge on any atom is -0.383 e. The molecule has 0 N–H and O–H groups in total. The van der Waals surface area contributed by atoms with Gasteiger partial charge in [0.2, 0.25) is 0 Å². The van der Waals surface area contributed by atoms with Crippen molar-refractivity contribution < 1.29 is 4.74 Å². The van der Waals surface area contributed by atoms with Crippen LogP contribution in [0.1, 0.15) is 37.3 Å². The number of methoxy groups -OCH3 is 1. The summed E-state index contributed by atoms with van der Waals surface area (Å²) in [5, 5.41) is 0. The molecule has 0 atom stereocenters. The first kappa shape index (κ1) is 18.6. The zero-order valence-corrected chi connectivity index (χ0v) is 16.2. The van der Waals surface area contributed by atoms with Crippen LogP contribution < -0.4 is 4.90 Å². The SMILES string of the molecule is COCCN(c1ccc(C2CCN(C)CC2)nc1)C1CCN(C)CC1. The molecule has 0 saturated carbocycles. The summed E-state index contributed by atoms with van der Waals surface area (Å²) in [5.41, 5.74) is 2.52. The zero-order chi connectivity index (χ0) is 17.6. The van der Waals surface area contributed by atoms with Crippen molar-refractivity contribution in [1.82, 2.24) is 14.8 Å². The lowest BCUT2D eigenvalue weighted by Gasteiger charge is -2.38. The third-order valence-electron chi connectivity index (χ3n) is 5.90. The molecule has 3 heterocycles. The van der Waals surface area contributed by atoms with Crippen molar-refractivity contribution in [1.29, 1.82) is 0 Å². The van der Waals surface area contributed by atoms with Crippen LogP contribution in [0.4, 0.5) is 5.69 Å². The average molecular weight is 347 g/mol. The van der Waals surface area contributed by atoms with Gasteiger partial charge in [0.1, 0.15) is 0 Å². The van der Waals surface area contributed by atoms with Crippen LogP contribution in [0.15, 0.2) is 18.3 Å². The quantitative estimate of drug-likeness (QED) is 0.790. The van der Waals surface area contributed by atoms with Crippen LogP contribution in [0.3, 0.4) is 0 Å². The smallest absolute Gasteiger partial charge is 0.0637 e. The summed E-state index contributed by atoms with van der Waals surface area (Å²) < 4.78 is 5.36. The molecule has 0 aromatic carbocycles. The Morgan fingerprint density at radius 1 is 1.04 bits per heavy atom. The molecule has 140 valence electrons. The lowest BCUT2D eigenvalue weighted by Crippen LogP contribution is -2.45. The van der Waals surface area contributed by atoms with Gasteiger partial charge in [-0.25, -0.2) is 0 Å². The molecule has 2 saturated heterocycles. The molecule has 1 aromatic rings. The second-order valence-electron chi connectivity index (χ2n) is 7.74. The van der Waals surface area contributed by atoms with E-state index >= 15 is 0 Å². The van der Waals surface area contributed by atoms with Crippen molar-refractivity contribution in [3.8, 4) is 0 Å². The van der Waals surface area contributed by atoms with Crippen molar-refractivity contribution in [3.05, 3.63) is 24.0 Å². The second kappa shape index (κ2) is 8.97. The van der Waals surface area contributed by atoms with Gasteiger partial charge >= 0.3 is 0 Å². The van der Waals surface area contributed by atoms with Gasteiger partial charge in [0, 0.05) is 31.3 Å². The van der Waals surface area contributed by atoms with E-state index in [9.17, 15) is 0 Å². The summed E-state index contributed by atoms with van der Waals surface area (Å²) in [4.78, 5) is 12.2. The normalized spacial score (nSPS) is 21.6. The highest BCUT2D eigenvalue weighted by Crippen LogP contribution is 2.28. The summed E-state index contributed by atoms with van der Waals surface area (Å²) in [5.74, 6) is 0.626. The molecule has 0 amide bonds. The predicted molar refractivity (Wildman–Crippen MR) is 103 cm³/mol. The van der Waals surface area contributed by atoms with Crippen molar-refractivity contribution in [2.45, 2.75) is 37.6 Å². The molecule has 5 heteroatoms. The van der Waals surface area contributed by atoms with E-state index in [1.165, 1.54) is 63.2 Å². The number of piperidine rings is 2. The Hall–Kier alpha value is -1.17. The summed E-state index contributed by atoms with van der Waals surface area (Å²) in [6.45, 7) is 6.43. The number of hydrogen-bond acceptors (Lipinski definition) is 5. The first-order valence-electron chi connectivity index (χ1n) is 9.76. The van der Waals surface area contributed by atoms with E-state index in [1.807, 2.05) is 0 Å². The summed E-state index contributed by atoms with van der Waals surface area (Å²) >= 11 is 0. The maximum Gasteiger partial charge on any atom is 0.0637 e. The Morgan fingerprint density at radius 2 is 1.68 bits per heavy atom. The van der Waals surface area contributed by atoms with E-state index < -0.39 is 0 Å². The Bertz CT molecular complexity index is 505. The zero-order valence-electron chi connectivity index (χ0n) is 16.2. The summed E-state index contributed by atoms with van der Waals surface area (Å²) in [6.07, 6.45) is 6.99. The van der Waals surface area contributed by atoms with Gasteiger partial charge in [-0.2, -0.15) is 0 Å². The number of anilines is 1. The van der Waals surface area contributed by atoms with Gasteiger partial charge in [-0.3, -0.25) is 4.98 Å². The van der Waals surface area contributed by atoms with E-state index in [1.54, 1.807) is 7.11 Å². The van der Waals surface area contributed by atoms with E-state index in [-0.39, 0.29) is 0 Å². The molecule has 0 radical (unpaired) electrons. The second-order valence-corrected chi connectivity index (χ2v) is 7.74. The third-order valence-corrected chi connectivity index (χ3v) is 5.90. The number of nitrogens with zero attached hydrogens (tertiary/aromatic N) is 4. The van der Waals surface area contributed by atoms with Gasteiger partial charge < -0.3 is 19.4 Å². The molecule has 0 aliphatic carbocycles. The van der Waals surface area contributed by atoms with Crippen LogP contribution in [0.25, 0.3) is 0 Å². The molecular weight excluding hydrogens is 312 g/mol. The van der Waals surface area contributed by atoms with Crippen molar-refractivity contribution >= 4 is 5.69 Å². The number of pyridine rings is 1. The molecule has 2 aliphatic heterocycles. The molecule has 0 unspecified atom stereocenters. The van der Waals surface area contributed by atoms with Crippen molar-refractivity contribution in [2.75, 3.05) is 65.4 Å². The molecule has 2 fully saturated rings. The first-order chi connectivity index (χ1) is 12.2. The maximum atomic E-state index is 5.36. The fourth-order valence-electron chi connectivity index (χ4n) is 4.13. The van der Waals surface area contributed by atoms with E-state index in [4.69, 9.17) is 9.72 Å². The molecular formula is C20H34N4O. The first-order valence-corrected chi connectivity index (χ1v) is 9.76. The highest BCUT2D eigenvalue weighted by molar-refractivity contribution is 5.46. The molecule has 25 heavy (non-hydrogen) atoms. The molecule has 2 aliphatic rings. The summed E-state index contributed by atoms with van der Waals surface area (Å²) in [6, 6.07) is 5.15. The number of aromatic nitrogens is 1. The van der Waals surface area contributed by atoms with Gasteiger partial charge in [-0.15, -0.1) is 0 Å². The van der Waals surface area contributed by atoms with Crippen LogP contribution in [0, 0.1) is 0 Å². The standard InChI is InChI=1S/C20H34N4O/c1-22-10-6-17(7-11-22)20-5-4-19(16-21-20)24(14-15-25-3)18-8-12-23(2)13-9-18/h4-5,16-18H,6-15H2,1-3H3. The van der Waals surface area contributed by atoms with Crippen LogP contribution in [-0.4, -0.2) is 81.4 Å². The fraction of sp³-hybridized carbons (Fsp3) is 0.750. The number of ether oxygens (including phenoxy) is 1. The van der Waals surface area contributed by atoms with Gasteiger partial charge in [-0.05, 0) is 78.1 Å². The monoisotopic (exact) mass is 346 g/mol. The third kappa shape index (κ3) is 4.93. The highest BCUT2D eigenvalue weighted by Gasteiger charge is 2.24. The number of likely N-dealkylation sites (tertiary alicyclic amines) is 2. The largest absolute Gasteiger partial charge is 0.383 e. The molecule has 3 rings (SSSR count). The van der Waals surface area contributed by atoms with Gasteiger partial charge in [0.15, 0.2) is 0 Å². The van der Waals surface area contributed by atoms with E-state index in [2.05, 4.69) is 47.1 Å². The van der Waals surface area contributed by atoms with Crippen molar-refractivity contribution in [2.24, 2.45) is 0 Å². The Morgan fingerprint density at radius 3 is 2.24 bits per heavy atom. The lowest BCUT2D eigenvalue weighted by atomic mass is 9.93. The van der Waals surface area contributed by atoms with Crippen LogP contribution in [0.2, 0.25) is 0 Å². The van der Waals surface area contributed by atoms with Crippen LogP contribution in [-0.2, 0) is 4.74 Å². The van der Waals surface area contributed by atoms with Gasteiger partial charge in [-0.1, -0.05) is 0 Å². The Labute approximate surface area is 153 Å². The number of hydrogen-bond donors (Lipinski definition) is 0. The molecule has 0 spiro atoms. The summed E-state index contributed by atoms with van der Waals surface area (Å²) in [7, 11) is 6.21. The predicted octanol–water partition coefficient (Wildman–Crippen LogP) is 2.44. The maximum absolute atomic E-state index is 5.36. The topological polar surface area (TPSA) is 31.8 Å². The lowest BCUT2D eigenvalue weighted by molar-refractivity contribution is 0.195. The Balaban J connectivity index is 1.67. The molecule has 0 bridgehead atoms. The fourth-order valence-corrected chi connectivity index (χ4v) is 4.13. The highest BCUT2D eigenvalue weighted by atomic mass is 16.5. The van der Waals surface area contributed by atoms with Crippen LogP contribution >= 0.6 is 0 Å². The molecule has 1 aromatic heterocycles. The van der Waals surface area contributed by atoms with Gasteiger partial charge in [0.25, 0.3) is 0 Å². The van der Waals surface area contributed by atoms with E-state index in [0.29, 0.717) is 12.0 Å². The van der Waals surface area contributed by atoms with Crippen LogP contribution in [0.5, 0.6) is 0 Å². The molecule has 5 nitrogen and oxygen atoms in total. The van der Waals surface area contributed by atoms with E-state index in [0.717, 1.165) is 13.2 Å². The minimum absolute atomic E-state index is 0.599. The average Bonchev–Trinajstić information content (AvgIpc) is 2.65. The minimum atomic E-state index is 0.599. The van der Waals surface area contributed by atoms with Gasteiger partial charge in [0.05, 0.1) is 18.5 Å². The Kier molecular flexibility index (Phi) is 6.68. The number of rotatable bonds is 6. The van der Waals surface area contributed by atoms with Crippen molar-refractivity contribution in [3.63, 3.8) is 0 Å².